The topological polar surface area (TPSA) is 90.6 Å². The third kappa shape index (κ3) is 3.27. The van der Waals surface area contributed by atoms with Crippen molar-refractivity contribution in [3.63, 3.8) is 0 Å². The largest absolute Gasteiger partial charge is 0.465 e. The summed E-state index contributed by atoms with van der Waals surface area (Å²) < 4.78 is 4.71. The van der Waals surface area contributed by atoms with Crippen LogP contribution in [-0.4, -0.2) is 34.7 Å². The van der Waals surface area contributed by atoms with E-state index in [1.54, 1.807) is 48.5 Å². The van der Waals surface area contributed by atoms with E-state index in [0.717, 1.165) is 5.56 Å². The van der Waals surface area contributed by atoms with Crippen LogP contribution in [-0.2, 0) is 15.3 Å². The highest BCUT2D eigenvalue weighted by atomic mass is 35.5. The molecule has 0 radical (unpaired) electrons. The fraction of sp³-hybridized carbons (Fsp3) is 0.227. The standard InChI is InChI=1S/C22H17ClN2O4S/c1-29-21(27)14-4-2-13(3-5-14)17-10-19(26)25-20(18(17)11-24)30-12-22(25,28)15-6-8-16(23)9-7-15/h2-9,17,28H,10,12H2,1H3/t17-,22+/m0/s1. The Balaban J connectivity index is 1.73. The Hall–Kier alpha value is -2.79. The zero-order valence-corrected chi connectivity index (χ0v) is 17.5. The molecule has 2 aromatic rings. The van der Waals surface area contributed by atoms with Crippen LogP contribution in [0.3, 0.4) is 0 Å². The first kappa shape index (κ1) is 20.5. The van der Waals surface area contributed by atoms with Gasteiger partial charge in [-0.15, -0.1) is 11.8 Å². The first-order chi connectivity index (χ1) is 14.4. The predicted molar refractivity (Wildman–Crippen MR) is 112 cm³/mol. The van der Waals surface area contributed by atoms with E-state index in [1.165, 1.54) is 23.8 Å². The van der Waals surface area contributed by atoms with Crippen LogP contribution in [0.25, 0.3) is 0 Å². The number of nitrogens with zero attached hydrogens (tertiary/aromatic N) is 2. The summed E-state index contributed by atoms with van der Waals surface area (Å²) in [6.45, 7) is 0. The van der Waals surface area contributed by atoms with Crippen LogP contribution in [0.4, 0.5) is 0 Å². The summed E-state index contributed by atoms with van der Waals surface area (Å²) in [5, 5.41) is 22.2. The number of thioether (sulfide) groups is 1. The molecule has 2 aliphatic rings. The molecule has 2 aliphatic heterocycles. The first-order valence-corrected chi connectivity index (χ1v) is 10.5. The maximum atomic E-state index is 13.1. The van der Waals surface area contributed by atoms with Gasteiger partial charge >= 0.3 is 5.97 Å². The summed E-state index contributed by atoms with van der Waals surface area (Å²) in [6.07, 6.45) is 0.0421. The van der Waals surface area contributed by atoms with E-state index in [9.17, 15) is 20.0 Å². The van der Waals surface area contributed by atoms with Gasteiger partial charge in [0.1, 0.15) is 0 Å². The number of carbonyl (C=O) groups is 2. The number of hydrogen-bond acceptors (Lipinski definition) is 6. The molecule has 0 spiro atoms. The molecular formula is C22H17ClN2O4S. The van der Waals surface area contributed by atoms with Gasteiger partial charge in [0, 0.05) is 22.9 Å². The number of halogens is 1. The second kappa shape index (κ2) is 7.80. The van der Waals surface area contributed by atoms with E-state index in [4.69, 9.17) is 16.3 Å². The van der Waals surface area contributed by atoms with Gasteiger partial charge in [0.05, 0.1) is 35.1 Å². The van der Waals surface area contributed by atoms with E-state index in [-0.39, 0.29) is 18.1 Å². The lowest BCUT2D eigenvalue weighted by Crippen LogP contribution is -2.48. The van der Waals surface area contributed by atoms with Crippen molar-refractivity contribution >= 4 is 35.2 Å². The van der Waals surface area contributed by atoms with Crippen LogP contribution in [0.15, 0.2) is 59.1 Å². The van der Waals surface area contributed by atoms with Crippen molar-refractivity contribution in [2.75, 3.05) is 12.9 Å². The Morgan fingerprint density at radius 2 is 1.93 bits per heavy atom. The molecule has 8 heteroatoms. The van der Waals surface area contributed by atoms with Crippen molar-refractivity contribution < 1.29 is 19.4 Å². The minimum Gasteiger partial charge on any atom is -0.465 e. The van der Waals surface area contributed by atoms with Crippen LogP contribution < -0.4 is 0 Å². The Morgan fingerprint density at radius 3 is 2.53 bits per heavy atom. The van der Waals surface area contributed by atoms with Gasteiger partial charge in [0.2, 0.25) is 5.91 Å². The van der Waals surface area contributed by atoms with E-state index < -0.39 is 17.6 Å². The number of fused-ring (bicyclic) bond motifs is 1. The summed E-state index contributed by atoms with van der Waals surface area (Å²) in [4.78, 5) is 26.1. The minimum absolute atomic E-state index is 0.0421. The van der Waals surface area contributed by atoms with Crippen LogP contribution in [0.1, 0.15) is 33.8 Å². The fourth-order valence-corrected chi connectivity index (χ4v) is 5.29. The Morgan fingerprint density at radius 1 is 1.27 bits per heavy atom. The maximum absolute atomic E-state index is 13.1. The summed E-state index contributed by atoms with van der Waals surface area (Å²) in [5.74, 6) is -0.950. The SMILES string of the molecule is COC(=O)c1ccc([C@@H]2CC(=O)N3C(=C2C#N)SC[C@@]3(O)c2ccc(Cl)cc2)cc1. The number of benzene rings is 2. The molecule has 1 N–H and O–H groups in total. The van der Waals surface area contributed by atoms with E-state index in [2.05, 4.69) is 6.07 Å². The van der Waals surface area contributed by atoms with Crippen LogP contribution in [0, 0.1) is 11.3 Å². The molecule has 0 aromatic heterocycles. The van der Waals surface area contributed by atoms with Crippen molar-refractivity contribution in [2.45, 2.75) is 18.1 Å². The van der Waals surface area contributed by atoms with Gasteiger partial charge in [-0.2, -0.15) is 5.26 Å². The molecule has 2 heterocycles. The molecule has 1 amide bonds. The number of rotatable bonds is 3. The fourth-order valence-electron chi connectivity index (χ4n) is 3.81. The lowest BCUT2D eigenvalue weighted by molar-refractivity contribution is -0.149. The molecule has 2 atom stereocenters. The van der Waals surface area contributed by atoms with Crippen molar-refractivity contribution in [3.8, 4) is 6.07 Å². The Bertz CT molecular complexity index is 1090. The summed E-state index contributed by atoms with van der Waals surface area (Å²) in [7, 11) is 1.31. The molecule has 0 aliphatic carbocycles. The number of hydrogen-bond donors (Lipinski definition) is 1. The number of aliphatic hydroxyl groups is 1. The number of allylic oxidation sites excluding steroid dienone is 1. The molecule has 4 rings (SSSR count). The number of amides is 1. The number of nitriles is 1. The number of ether oxygens (including phenoxy) is 1. The van der Waals surface area contributed by atoms with Gasteiger partial charge < -0.3 is 9.84 Å². The molecule has 6 nitrogen and oxygen atoms in total. The number of methoxy groups -OCH3 is 1. The highest BCUT2D eigenvalue weighted by Crippen LogP contribution is 2.51. The predicted octanol–water partition coefficient (Wildman–Crippen LogP) is 3.77. The van der Waals surface area contributed by atoms with Crippen LogP contribution in [0.5, 0.6) is 0 Å². The van der Waals surface area contributed by atoms with Gasteiger partial charge in [-0.25, -0.2) is 4.79 Å². The number of esters is 1. The average Bonchev–Trinajstić information content (AvgIpc) is 3.12. The van der Waals surface area contributed by atoms with Gasteiger partial charge in [0.25, 0.3) is 0 Å². The zero-order valence-electron chi connectivity index (χ0n) is 16.0. The van der Waals surface area contributed by atoms with Crippen molar-refractivity contribution in [2.24, 2.45) is 0 Å². The van der Waals surface area contributed by atoms with Gasteiger partial charge in [-0.1, -0.05) is 35.9 Å². The third-order valence-corrected chi connectivity index (χ3v) is 6.83. The smallest absolute Gasteiger partial charge is 0.337 e. The number of carbonyl (C=O) groups excluding carboxylic acids is 2. The normalized spacial score (nSPS) is 23.2. The molecule has 1 fully saturated rings. The summed E-state index contributed by atoms with van der Waals surface area (Å²) in [5.41, 5.74) is 0.575. The lowest BCUT2D eigenvalue weighted by atomic mass is 9.85. The molecular weight excluding hydrogens is 424 g/mol. The van der Waals surface area contributed by atoms with Gasteiger partial charge in [0.15, 0.2) is 5.72 Å². The summed E-state index contributed by atoms with van der Waals surface area (Å²) >= 11 is 7.24. The monoisotopic (exact) mass is 440 g/mol. The van der Waals surface area contributed by atoms with Gasteiger partial charge in [-0.3, -0.25) is 9.69 Å². The first-order valence-electron chi connectivity index (χ1n) is 9.16. The molecule has 152 valence electrons. The van der Waals surface area contributed by atoms with Crippen LogP contribution >= 0.6 is 23.4 Å². The molecule has 0 bridgehead atoms. The van der Waals surface area contributed by atoms with Gasteiger partial charge in [-0.05, 0) is 29.8 Å². The maximum Gasteiger partial charge on any atom is 0.337 e. The third-order valence-electron chi connectivity index (χ3n) is 5.35. The second-order valence-corrected chi connectivity index (χ2v) is 8.44. The van der Waals surface area contributed by atoms with E-state index in [1.807, 2.05) is 0 Å². The zero-order chi connectivity index (χ0) is 21.5. The van der Waals surface area contributed by atoms with Crippen molar-refractivity contribution in [1.82, 2.24) is 4.90 Å². The second-order valence-electron chi connectivity index (χ2n) is 7.04. The summed E-state index contributed by atoms with van der Waals surface area (Å²) in [6, 6.07) is 15.6. The highest BCUT2D eigenvalue weighted by molar-refractivity contribution is 8.03. The van der Waals surface area contributed by atoms with E-state index in [0.29, 0.717) is 26.8 Å². The molecule has 2 aromatic carbocycles. The Kier molecular flexibility index (Phi) is 5.33. The minimum atomic E-state index is -1.54. The van der Waals surface area contributed by atoms with Crippen molar-refractivity contribution in [3.05, 3.63) is 80.8 Å². The van der Waals surface area contributed by atoms with E-state index >= 15 is 0 Å². The molecule has 0 unspecified atom stereocenters. The highest BCUT2D eigenvalue weighted by Gasteiger charge is 2.51. The average molecular weight is 441 g/mol. The van der Waals surface area contributed by atoms with Crippen molar-refractivity contribution in [1.29, 1.82) is 5.26 Å². The molecule has 30 heavy (non-hydrogen) atoms. The molecule has 0 saturated carbocycles. The quantitative estimate of drug-likeness (QED) is 0.730. The van der Waals surface area contributed by atoms with Crippen LogP contribution in [0.2, 0.25) is 5.02 Å². The lowest BCUT2D eigenvalue weighted by Gasteiger charge is -2.38. The Labute approximate surface area is 182 Å². The molecule has 1 saturated heterocycles.